The summed E-state index contributed by atoms with van der Waals surface area (Å²) in [5.74, 6) is -2.15. The van der Waals surface area contributed by atoms with Gasteiger partial charge in [-0.2, -0.15) is 26.3 Å². The normalized spacial score (nSPS) is 18.1. The van der Waals surface area contributed by atoms with Crippen molar-refractivity contribution in [1.82, 2.24) is 15.6 Å². The molecule has 2 amide bonds. The van der Waals surface area contributed by atoms with E-state index in [1.54, 1.807) is 0 Å². The molecule has 0 unspecified atom stereocenters. The minimum absolute atomic E-state index is 0.00203. The highest BCUT2D eigenvalue weighted by Crippen LogP contribution is 2.48. The van der Waals surface area contributed by atoms with Gasteiger partial charge in [0, 0.05) is 36.7 Å². The first-order chi connectivity index (χ1) is 18.7. The molecule has 0 aliphatic carbocycles. The number of hydrogen-bond donors (Lipinski definition) is 3. The van der Waals surface area contributed by atoms with Gasteiger partial charge < -0.3 is 20.5 Å². The fourth-order valence-corrected chi connectivity index (χ4v) is 4.02. The summed E-state index contributed by atoms with van der Waals surface area (Å²) in [6.07, 6.45) is -14.1. The molecule has 0 saturated heterocycles. The zero-order valence-electron chi connectivity index (χ0n) is 20.5. The molecule has 0 fully saturated rings. The Kier molecular flexibility index (Phi) is 9.38. The SMILES string of the molecule is O=C(CO)NCC1=C(c2ccc(C(F)F)cn2)C[C@](c2ccc(OCCCC(F)(F)F)cc2)(C(F)(F)F)NC1=O. The lowest BCUT2D eigenvalue weighted by Gasteiger charge is -2.41. The number of pyridine rings is 1. The van der Waals surface area contributed by atoms with Gasteiger partial charge in [0.1, 0.15) is 12.4 Å². The van der Waals surface area contributed by atoms with E-state index in [-0.39, 0.29) is 35.6 Å². The van der Waals surface area contributed by atoms with Gasteiger partial charge >= 0.3 is 12.4 Å². The molecule has 15 heteroatoms. The summed E-state index contributed by atoms with van der Waals surface area (Å²) in [7, 11) is 0. The molecule has 40 heavy (non-hydrogen) atoms. The lowest BCUT2D eigenvalue weighted by atomic mass is 9.77. The number of benzene rings is 1. The fraction of sp³-hybridized carbons (Fsp3) is 0.400. The quantitative estimate of drug-likeness (QED) is 0.282. The molecule has 1 atom stereocenters. The molecule has 0 bridgehead atoms. The van der Waals surface area contributed by atoms with Crippen molar-refractivity contribution in [2.45, 2.75) is 43.6 Å². The molecule has 218 valence electrons. The molecule has 1 aliphatic rings. The molecule has 3 rings (SSSR count). The molecule has 1 aromatic carbocycles. The van der Waals surface area contributed by atoms with Crippen molar-refractivity contribution in [2.75, 3.05) is 19.8 Å². The standard InChI is InChI=1S/C25H23F8N3O4/c26-21(27)14-2-7-19(34-11-14)17-10-23(25(31,32)33,36-22(39)18(17)12-35-20(38)13-37)15-3-5-16(6-4-15)40-9-1-8-24(28,29)30/h2-7,11,21,37H,1,8-10,12-13H2,(H,35,38)(H,36,39)/t23-/m0/s1. The van der Waals surface area contributed by atoms with Gasteiger partial charge in [0.2, 0.25) is 11.8 Å². The van der Waals surface area contributed by atoms with E-state index in [1.807, 2.05) is 5.32 Å². The number of ether oxygens (including phenoxy) is 1. The third-order valence-corrected chi connectivity index (χ3v) is 6.07. The van der Waals surface area contributed by atoms with E-state index >= 15 is 0 Å². The van der Waals surface area contributed by atoms with Gasteiger partial charge in [-0.05, 0) is 41.8 Å². The van der Waals surface area contributed by atoms with Crippen LogP contribution in [0.15, 0.2) is 48.2 Å². The van der Waals surface area contributed by atoms with E-state index < -0.39 is 73.3 Å². The van der Waals surface area contributed by atoms with Crippen molar-refractivity contribution in [3.05, 3.63) is 65.0 Å². The zero-order chi connectivity index (χ0) is 29.7. The van der Waals surface area contributed by atoms with Crippen LogP contribution in [0.4, 0.5) is 35.1 Å². The topological polar surface area (TPSA) is 101 Å². The van der Waals surface area contributed by atoms with Crippen molar-refractivity contribution in [2.24, 2.45) is 0 Å². The summed E-state index contributed by atoms with van der Waals surface area (Å²) < 4.78 is 112. The molecule has 1 aromatic heterocycles. The summed E-state index contributed by atoms with van der Waals surface area (Å²) in [4.78, 5) is 28.4. The molecule has 7 nitrogen and oxygen atoms in total. The van der Waals surface area contributed by atoms with Gasteiger partial charge in [0.25, 0.3) is 6.43 Å². The number of carbonyl (C=O) groups is 2. The lowest BCUT2D eigenvalue weighted by molar-refractivity contribution is -0.201. The predicted octanol–water partition coefficient (Wildman–Crippen LogP) is 4.58. The lowest BCUT2D eigenvalue weighted by Crippen LogP contribution is -2.59. The van der Waals surface area contributed by atoms with E-state index in [2.05, 4.69) is 10.3 Å². The van der Waals surface area contributed by atoms with E-state index in [0.717, 1.165) is 42.6 Å². The number of rotatable bonds is 10. The van der Waals surface area contributed by atoms with Gasteiger partial charge in [-0.25, -0.2) is 8.78 Å². The molecule has 2 aromatic rings. The number of alkyl halides is 8. The van der Waals surface area contributed by atoms with Crippen LogP contribution >= 0.6 is 0 Å². The van der Waals surface area contributed by atoms with Crippen molar-refractivity contribution in [3.63, 3.8) is 0 Å². The summed E-state index contributed by atoms with van der Waals surface area (Å²) in [6, 6.07) is 6.18. The molecular weight excluding hydrogens is 558 g/mol. The first kappa shape index (κ1) is 30.8. The molecule has 3 N–H and O–H groups in total. The number of nitrogens with one attached hydrogen (secondary N) is 2. The molecule has 2 heterocycles. The van der Waals surface area contributed by atoms with Crippen LogP contribution in [0, 0.1) is 0 Å². The predicted molar refractivity (Wildman–Crippen MR) is 124 cm³/mol. The molecule has 1 aliphatic heterocycles. The van der Waals surface area contributed by atoms with Crippen LogP contribution in [-0.4, -0.2) is 54.0 Å². The summed E-state index contributed by atoms with van der Waals surface area (Å²) in [5, 5.41) is 13.1. The van der Waals surface area contributed by atoms with Crippen LogP contribution in [0.5, 0.6) is 5.75 Å². The van der Waals surface area contributed by atoms with Gasteiger partial charge in [-0.15, -0.1) is 0 Å². The number of aliphatic hydroxyl groups is 1. The third-order valence-electron chi connectivity index (χ3n) is 6.07. The van der Waals surface area contributed by atoms with Gasteiger partial charge in [0.15, 0.2) is 5.54 Å². The van der Waals surface area contributed by atoms with Crippen molar-refractivity contribution in [1.29, 1.82) is 0 Å². The molecular formula is C25H23F8N3O4. The van der Waals surface area contributed by atoms with Crippen molar-refractivity contribution < 1.29 is 54.6 Å². The highest BCUT2D eigenvalue weighted by Gasteiger charge is 2.59. The summed E-state index contributed by atoms with van der Waals surface area (Å²) in [5.41, 5.74) is -4.81. The van der Waals surface area contributed by atoms with Crippen LogP contribution < -0.4 is 15.4 Å². The van der Waals surface area contributed by atoms with E-state index in [0.29, 0.717) is 0 Å². The first-order valence-electron chi connectivity index (χ1n) is 11.7. The Morgan fingerprint density at radius 1 is 1.10 bits per heavy atom. The average molecular weight is 581 g/mol. The Morgan fingerprint density at radius 3 is 2.30 bits per heavy atom. The Labute approximate surface area is 222 Å². The second-order valence-electron chi connectivity index (χ2n) is 8.79. The van der Waals surface area contributed by atoms with Crippen LogP contribution in [0.3, 0.4) is 0 Å². The smallest absolute Gasteiger partial charge is 0.416 e. The van der Waals surface area contributed by atoms with Crippen LogP contribution in [0.2, 0.25) is 0 Å². The van der Waals surface area contributed by atoms with E-state index in [1.165, 1.54) is 0 Å². The average Bonchev–Trinajstić information content (AvgIpc) is 2.89. The van der Waals surface area contributed by atoms with Crippen LogP contribution in [0.25, 0.3) is 5.57 Å². The number of aliphatic hydroxyl groups excluding tert-OH is 1. The third kappa shape index (κ3) is 7.25. The first-order valence-corrected chi connectivity index (χ1v) is 11.7. The number of halogens is 8. The minimum atomic E-state index is -5.11. The number of carbonyl (C=O) groups excluding carboxylic acids is 2. The van der Waals surface area contributed by atoms with Crippen LogP contribution in [-0.2, 0) is 15.1 Å². The Bertz CT molecular complexity index is 1230. The van der Waals surface area contributed by atoms with Crippen molar-refractivity contribution >= 4 is 17.4 Å². The highest BCUT2D eigenvalue weighted by molar-refractivity contribution is 6.04. The number of aromatic nitrogens is 1. The zero-order valence-corrected chi connectivity index (χ0v) is 20.5. The second kappa shape index (κ2) is 12.2. The maximum absolute atomic E-state index is 14.7. The highest BCUT2D eigenvalue weighted by atomic mass is 19.4. The van der Waals surface area contributed by atoms with Crippen LogP contribution in [0.1, 0.15) is 42.5 Å². The molecule has 0 radical (unpaired) electrons. The maximum atomic E-state index is 14.7. The van der Waals surface area contributed by atoms with Crippen molar-refractivity contribution in [3.8, 4) is 5.75 Å². The van der Waals surface area contributed by atoms with E-state index in [4.69, 9.17) is 9.84 Å². The van der Waals surface area contributed by atoms with E-state index in [9.17, 15) is 44.7 Å². The Morgan fingerprint density at radius 2 is 1.77 bits per heavy atom. The van der Waals surface area contributed by atoms with Gasteiger partial charge in [0.05, 0.1) is 12.3 Å². The van der Waals surface area contributed by atoms with Gasteiger partial charge in [-0.3, -0.25) is 14.6 Å². The largest absolute Gasteiger partial charge is 0.494 e. The van der Waals surface area contributed by atoms with Gasteiger partial charge in [-0.1, -0.05) is 12.1 Å². The number of hydrogen-bond acceptors (Lipinski definition) is 5. The number of amides is 2. The second-order valence-corrected chi connectivity index (χ2v) is 8.79. The fourth-order valence-electron chi connectivity index (χ4n) is 4.02. The Balaban J connectivity index is 1.99. The molecule has 0 saturated carbocycles. The summed E-state index contributed by atoms with van der Waals surface area (Å²) >= 11 is 0. The Hall–Kier alpha value is -3.75. The maximum Gasteiger partial charge on any atom is 0.416 e. The molecule has 0 spiro atoms. The monoisotopic (exact) mass is 581 g/mol. The summed E-state index contributed by atoms with van der Waals surface area (Å²) in [6.45, 7) is -1.88. The minimum Gasteiger partial charge on any atom is -0.494 e. The number of nitrogens with zero attached hydrogens (tertiary/aromatic N) is 1.